The molecular weight excluding hydrogens is 296 g/mol. The number of fused-ring (bicyclic) bond motifs is 1. The third kappa shape index (κ3) is 3.29. The van der Waals surface area contributed by atoms with Crippen LogP contribution in [0, 0.1) is 0 Å². The molecule has 0 aliphatic heterocycles. The Morgan fingerprint density at radius 2 is 1.77 bits per heavy atom. The highest BCUT2D eigenvalue weighted by Gasteiger charge is 2.01. The predicted molar refractivity (Wildman–Crippen MR) is 92.4 cm³/mol. The third-order valence-electron chi connectivity index (χ3n) is 3.11. The molecule has 0 radical (unpaired) electrons. The van der Waals surface area contributed by atoms with E-state index >= 15 is 0 Å². The number of aromatic nitrogens is 2. The Kier molecular flexibility index (Phi) is 4.11. The molecule has 0 spiro atoms. The van der Waals surface area contributed by atoms with Gasteiger partial charge in [-0.3, -0.25) is 0 Å². The first-order valence-corrected chi connectivity index (χ1v) is 7.07. The first kappa shape index (κ1) is 14.2. The van der Waals surface area contributed by atoms with Crippen LogP contribution in [0.4, 0.5) is 11.4 Å². The first-order valence-electron chi connectivity index (χ1n) is 6.66. The van der Waals surface area contributed by atoms with Crippen LogP contribution in [0.25, 0.3) is 10.9 Å². The van der Waals surface area contributed by atoms with E-state index in [9.17, 15) is 0 Å². The average Bonchev–Trinajstić information content (AvgIpc) is 2.55. The maximum atomic E-state index is 5.32. The van der Waals surface area contributed by atoms with Gasteiger partial charge >= 0.3 is 0 Å². The molecule has 110 valence electrons. The molecule has 1 aromatic heterocycles. The lowest BCUT2D eigenvalue weighted by atomic mass is 10.2. The Hall–Kier alpha value is -2.73. The van der Waals surface area contributed by atoms with Crippen molar-refractivity contribution >= 4 is 39.6 Å². The Morgan fingerprint density at radius 3 is 2.55 bits per heavy atom. The van der Waals surface area contributed by atoms with Crippen LogP contribution < -0.4 is 15.4 Å². The molecule has 3 aromatic rings. The monoisotopic (exact) mass is 310 g/mol. The van der Waals surface area contributed by atoms with Crippen molar-refractivity contribution in [2.24, 2.45) is 0 Å². The molecule has 1 heterocycles. The zero-order chi connectivity index (χ0) is 15.4. The van der Waals surface area contributed by atoms with Gasteiger partial charge in [0.15, 0.2) is 5.11 Å². The van der Waals surface area contributed by atoms with Gasteiger partial charge in [-0.15, -0.1) is 0 Å². The second kappa shape index (κ2) is 6.36. The summed E-state index contributed by atoms with van der Waals surface area (Å²) in [5, 5.41) is 7.74. The van der Waals surface area contributed by atoms with Gasteiger partial charge in [0, 0.05) is 23.0 Å². The van der Waals surface area contributed by atoms with Crippen molar-refractivity contribution < 1.29 is 4.74 Å². The molecule has 0 aliphatic rings. The molecule has 0 fully saturated rings. The fraction of sp³-hybridized carbons (Fsp3) is 0.0625. The van der Waals surface area contributed by atoms with Gasteiger partial charge in [0.05, 0.1) is 12.6 Å². The van der Waals surface area contributed by atoms with Crippen molar-refractivity contribution in [2.45, 2.75) is 0 Å². The number of nitrogens with one attached hydrogen (secondary N) is 2. The van der Waals surface area contributed by atoms with Gasteiger partial charge < -0.3 is 15.4 Å². The molecule has 22 heavy (non-hydrogen) atoms. The van der Waals surface area contributed by atoms with Crippen LogP contribution in [-0.4, -0.2) is 22.2 Å². The van der Waals surface area contributed by atoms with Gasteiger partial charge in [0.25, 0.3) is 0 Å². The lowest BCUT2D eigenvalue weighted by Crippen LogP contribution is -2.18. The number of nitrogens with zero attached hydrogens (tertiary/aromatic N) is 2. The molecule has 5 nitrogen and oxygen atoms in total. The molecule has 0 saturated heterocycles. The van der Waals surface area contributed by atoms with Crippen molar-refractivity contribution in [3.05, 3.63) is 55.0 Å². The van der Waals surface area contributed by atoms with E-state index in [-0.39, 0.29) is 0 Å². The number of ether oxygens (including phenoxy) is 1. The van der Waals surface area contributed by atoms with E-state index in [0.717, 1.165) is 28.0 Å². The van der Waals surface area contributed by atoms with Crippen LogP contribution in [0.5, 0.6) is 5.75 Å². The fourth-order valence-electron chi connectivity index (χ4n) is 2.03. The lowest BCUT2D eigenvalue weighted by Gasteiger charge is -2.11. The molecule has 0 unspecified atom stereocenters. The molecule has 2 aromatic carbocycles. The number of thiocarbonyl (C=S) groups is 1. The normalized spacial score (nSPS) is 10.2. The van der Waals surface area contributed by atoms with Crippen LogP contribution in [0.1, 0.15) is 0 Å². The van der Waals surface area contributed by atoms with Crippen molar-refractivity contribution in [2.75, 3.05) is 17.7 Å². The molecule has 0 atom stereocenters. The van der Waals surface area contributed by atoms with Crippen LogP contribution in [0.15, 0.2) is 55.0 Å². The van der Waals surface area contributed by atoms with Crippen molar-refractivity contribution in [1.29, 1.82) is 0 Å². The molecule has 0 amide bonds. The minimum Gasteiger partial charge on any atom is -0.497 e. The Morgan fingerprint density at radius 1 is 1.05 bits per heavy atom. The summed E-state index contributed by atoms with van der Waals surface area (Å²) < 4.78 is 5.12. The first-order chi connectivity index (χ1) is 10.7. The Labute approximate surface area is 133 Å². The van der Waals surface area contributed by atoms with Gasteiger partial charge in [0.1, 0.15) is 12.1 Å². The maximum Gasteiger partial charge on any atom is 0.175 e. The number of benzene rings is 2. The summed E-state index contributed by atoms with van der Waals surface area (Å²) in [6.07, 6.45) is 3.30. The summed E-state index contributed by atoms with van der Waals surface area (Å²) in [6, 6.07) is 13.4. The van der Waals surface area contributed by atoms with Crippen LogP contribution in [0.3, 0.4) is 0 Å². The summed E-state index contributed by atoms with van der Waals surface area (Å²) in [5.41, 5.74) is 2.67. The van der Waals surface area contributed by atoms with Crippen LogP contribution >= 0.6 is 12.2 Å². The van der Waals surface area contributed by atoms with Gasteiger partial charge in [-0.05, 0) is 54.7 Å². The maximum absolute atomic E-state index is 5.32. The Balaban J connectivity index is 1.69. The van der Waals surface area contributed by atoms with Gasteiger partial charge in [-0.2, -0.15) is 0 Å². The quantitative estimate of drug-likeness (QED) is 0.723. The van der Waals surface area contributed by atoms with Crippen LogP contribution in [0.2, 0.25) is 0 Å². The highest BCUT2D eigenvalue weighted by Crippen LogP contribution is 2.18. The molecule has 3 rings (SSSR count). The lowest BCUT2D eigenvalue weighted by molar-refractivity contribution is 0.415. The Bertz CT molecular complexity index is 805. The zero-order valence-electron chi connectivity index (χ0n) is 11.9. The number of hydrogen-bond donors (Lipinski definition) is 2. The van der Waals surface area contributed by atoms with Gasteiger partial charge in [0.2, 0.25) is 0 Å². The second-order valence-electron chi connectivity index (χ2n) is 4.60. The van der Waals surface area contributed by atoms with Crippen molar-refractivity contribution in [3.63, 3.8) is 0 Å². The largest absolute Gasteiger partial charge is 0.497 e. The number of rotatable bonds is 3. The summed E-state index contributed by atoms with van der Waals surface area (Å²) >= 11 is 5.32. The van der Waals surface area contributed by atoms with E-state index in [1.165, 1.54) is 6.33 Å². The molecule has 2 N–H and O–H groups in total. The van der Waals surface area contributed by atoms with Crippen molar-refractivity contribution in [3.8, 4) is 5.75 Å². The van der Waals surface area contributed by atoms with Crippen LogP contribution in [-0.2, 0) is 0 Å². The van der Waals surface area contributed by atoms with E-state index in [1.54, 1.807) is 13.3 Å². The smallest absolute Gasteiger partial charge is 0.175 e. The predicted octanol–water partition coefficient (Wildman–Crippen LogP) is 3.45. The summed E-state index contributed by atoms with van der Waals surface area (Å²) in [5.74, 6) is 0.805. The van der Waals surface area contributed by atoms with E-state index in [2.05, 4.69) is 20.6 Å². The van der Waals surface area contributed by atoms with E-state index in [0.29, 0.717) is 5.11 Å². The molecule has 0 bridgehead atoms. The highest BCUT2D eigenvalue weighted by molar-refractivity contribution is 7.80. The van der Waals surface area contributed by atoms with E-state index < -0.39 is 0 Å². The topological polar surface area (TPSA) is 59.1 Å². The fourth-order valence-corrected chi connectivity index (χ4v) is 2.27. The summed E-state index contributed by atoms with van der Waals surface area (Å²) in [6.45, 7) is 0. The standard InChI is InChI=1S/C16H14N4OS/c1-21-14-5-2-12(3-6-14)19-16(22)20-13-4-7-15-11(8-13)9-17-10-18-15/h2-10H,1H3,(H2,19,20,22). The van der Waals surface area contributed by atoms with Gasteiger partial charge in [-0.25, -0.2) is 9.97 Å². The third-order valence-corrected chi connectivity index (χ3v) is 3.31. The van der Waals surface area contributed by atoms with Crippen molar-refractivity contribution in [1.82, 2.24) is 9.97 Å². The average molecular weight is 310 g/mol. The number of methoxy groups -OCH3 is 1. The second-order valence-corrected chi connectivity index (χ2v) is 5.01. The summed E-state index contributed by atoms with van der Waals surface area (Å²) in [4.78, 5) is 8.20. The zero-order valence-corrected chi connectivity index (χ0v) is 12.7. The molecular formula is C16H14N4OS. The molecule has 0 saturated carbocycles. The number of hydrogen-bond acceptors (Lipinski definition) is 4. The molecule has 6 heteroatoms. The SMILES string of the molecule is COc1ccc(NC(=S)Nc2ccc3ncncc3c2)cc1. The molecule has 0 aliphatic carbocycles. The van der Waals surface area contributed by atoms with E-state index in [4.69, 9.17) is 17.0 Å². The van der Waals surface area contributed by atoms with E-state index in [1.807, 2.05) is 42.5 Å². The number of anilines is 2. The van der Waals surface area contributed by atoms with Gasteiger partial charge in [-0.1, -0.05) is 0 Å². The minimum atomic E-state index is 0.515. The highest BCUT2D eigenvalue weighted by atomic mass is 32.1. The summed E-state index contributed by atoms with van der Waals surface area (Å²) in [7, 11) is 1.64. The minimum absolute atomic E-state index is 0.515.